The van der Waals surface area contributed by atoms with Crippen LogP contribution in [0.4, 0.5) is 10.5 Å². The molecule has 6 nitrogen and oxygen atoms in total. The molecule has 0 radical (unpaired) electrons. The topological polar surface area (TPSA) is 78.9 Å². The number of carbonyl (C=O) groups excluding carboxylic acids is 2. The van der Waals surface area contributed by atoms with Crippen molar-refractivity contribution in [1.29, 1.82) is 0 Å². The fraction of sp³-hybridized carbons (Fsp3) is 0.111. The van der Waals surface area contributed by atoms with Gasteiger partial charge in [0.1, 0.15) is 5.70 Å². The molecule has 2 aromatic rings. The minimum atomic E-state index is -0.509. The van der Waals surface area contributed by atoms with Crippen LogP contribution < -0.4 is 15.0 Å². The van der Waals surface area contributed by atoms with E-state index in [4.69, 9.17) is 4.74 Å². The number of nitrogens with one attached hydrogen (secondary N) is 1. The van der Waals surface area contributed by atoms with E-state index in [1.54, 1.807) is 43.3 Å². The van der Waals surface area contributed by atoms with Crippen LogP contribution in [-0.4, -0.2) is 23.7 Å². The molecule has 2 N–H and O–H groups in total. The fourth-order valence-corrected chi connectivity index (χ4v) is 2.92. The molecule has 0 aromatic heterocycles. The van der Waals surface area contributed by atoms with E-state index in [2.05, 4.69) is 21.2 Å². The van der Waals surface area contributed by atoms with Crippen molar-refractivity contribution in [3.63, 3.8) is 0 Å². The Bertz CT molecular complexity index is 865. The van der Waals surface area contributed by atoms with Crippen LogP contribution in [0.5, 0.6) is 11.5 Å². The van der Waals surface area contributed by atoms with Gasteiger partial charge < -0.3 is 15.2 Å². The van der Waals surface area contributed by atoms with E-state index in [1.807, 2.05) is 6.07 Å². The highest BCUT2D eigenvalue weighted by molar-refractivity contribution is 9.10. The third-order valence-corrected chi connectivity index (χ3v) is 4.16. The number of para-hydroxylation sites is 1. The maximum Gasteiger partial charge on any atom is 0.333 e. The van der Waals surface area contributed by atoms with Crippen molar-refractivity contribution in [3.05, 3.63) is 58.2 Å². The van der Waals surface area contributed by atoms with Crippen LogP contribution in [0.1, 0.15) is 12.5 Å². The highest BCUT2D eigenvalue weighted by atomic mass is 79.9. The molecule has 0 saturated carbocycles. The Hall–Kier alpha value is -2.80. The van der Waals surface area contributed by atoms with E-state index < -0.39 is 11.9 Å². The molecule has 2 aromatic carbocycles. The zero-order valence-corrected chi connectivity index (χ0v) is 14.9. The van der Waals surface area contributed by atoms with E-state index in [9.17, 15) is 14.7 Å². The second kappa shape index (κ2) is 6.98. The number of ether oxygens (including phenoxy) is 1. The lowest BCUT2D eigenvalue weighted by Gasteiger charge is -2.11. The van der Waals surface area contributed by atoms with Crippen molar-refractivity contribution in [1.82, 2.24) is 5.32 Å². The average molecular weight is 403 g/mol. The molecule has 0 spiro atoms. The number of aromatic hydroxyl groups is 1. The highest BCUT2D eigenvalue weighted by Gasteiger charge is 2.34. The number of amides is 3. The molecule has 1 heterocycles. The van der Waals surface area contributed by atoms with Crippen LogP contribution in [-0.2, 0) is 4.79 Å². The second-order valence-electron chi connectivity index (χ2n) is 5.25. The third-order valence-electron chi connectivity index (χ3n) is 3.55. The second-order valence-corrected chi connectivity index (χ2v) is 6.10. The smallest absolute Gasteiger partial charge is 0.333 e. The van der Waals surface area contributed by atoms with Gasteiger partial charge in [-0.05, 0) is 58.8 Å². The minimum absolute atomic E-state index is 0.0169. The summed E-state index contributed by atoms with van der Waals surface area (Å²) in [6.45, 7) is 2.19. The van der Waals surface area contributed by atoms with E-state index in [0.717, 1.165) is 4.90 Å². The molecular formula is C18H15BrN2O4. The van der Waals surface area contributed by atoms with Crippen molar-refractivity contribution in [2.45, 2.75) is 6.92 Å². The summed E-state index contributed by atoms with van der Waals surface area (Å²) in [5.41, 5.74) is 1.25. The lowest BCUT2D eigenvalue weighted by Crippen LogP contribution is -2.30. The van der Waals surface area contributed by atoms with Crippen LogP contribution in [0, 0.1) is 0 Å². The van der Waals surface area contributed by atoms with Crippen LogP contribution in [0.2, 0.25) is 0 Å². The van der Waals surface area contributed by atoms with Gasteiger partial charge in [-0.3, -0.25) is 4.79 Å². The van der Waals surface area contributed by atoms with Gasteiger partial charge in [0.15, 0.2) is 11.5 Å². The Kier molecular flexibility index (Phi) is 4.76. The summed E-state index contributed by atoms with van der Waals surface area (Å²) in [4.78, 5) is 25.8. The summed E-state index contributed by atoms with van der Waals surface area (Å²) in [5, 5.41) is 12.5. The zero-order valence-electron chi connectivity index (χ0n) is 13.3. The largest absolute Gasteiger partial charge is 0.503 e. The number of phenolic OH excluding ortho intramolecular Hbond substituents is 1. The Balaban J connectivity index is 1.95. The van der Waals surface area contributed by atoms with E-state index >= 15 is 0 Å². The van der Waals surface area contributed by atoms with Crippen molar-refractivity contribution in [3.8, 4) is 11.5 Å². The first-order valence-corrected chi connectivity index (χ1v) is 8.38. The Morgan fingerprint density at radius 3 is 2.64 bits per heavy atom. The highest BCUT2D eigenvalue weighted by Crippen LogP contribution is 2.36. The van der Waals surface area contributed by atoms with Gasteiger partial charge in [-0.2, -0.15) is 0 Å². The van der Waals surface area contributed by atoms with E-state index in [-0.39, 0.29) is 11.4 Å². The van der Waals surface area contributed by atoms with E-state index in [1.165, 1.54) is 6.08 Å². The monoisotopic (exact) mass is 402 g/mol. The maximum absolute atomic E-state index is 12.6. The van der Waals surface area contributed by atoms with E-state index in [0.29, 0.717) is 28.1 Å². The van der Waals surface area contributed by atoms with Crippen LogP contribution >= 0.6 is 15.9 Å². The first kappa shape index (κ1) is 17.0. The number of urea groups is 1. The summed E-state index contributed by atoms with van der Waals surface area (Å²) in [7, 11) is 0. The van der Waals surface area contributed by atoms with Crippen molar-refractivity contribution in [2.24, 2.45) is 0 Å². The average Bonchev–Trinajstić information content (AvgIpc) is 2.87. The minimum Gasteiger partial charge on any atom is -0.503 e. The van der Waals surface area contributed by atoms with Gasteiger partial charge in [0, 0.05) is 0 Å². The molecule has 0 bridgehead atoms. The molecule has 0 aliphatic carbocycles. The van der Waals surface area contributed by atoms with Crippen LogP contribution in [0.25, 0.3) is 6.08 Å². The molecule has 3 amide bonds. The molecule has 1 aliphatic rings. The normalized spacial score (nSPS) is 15.6. The molecule has 3 rings (SSSR count). The molecule has 0 unspecified atom stereocenters. The summed E-state index contributed by atoms with van der Waals surface area (Å²) in [6, 6.07) is 11.4. The predicted molar refractivity (Wildman–Crippen MR) is 97.4 cm³/mol. The quantitative estimate of drug-likeness (QED) is 0.604. The number of anilines is 1. The number of hydrogen-bond donors (Lipinski definition) is 2. The molecular weight excluding hydrogens is 388 g/mol. The van der Waals surface area contributed by atoms with Crippen LogP contribution in [0.3, 0.4) is 0 Å². The lowest BCUT2D eigenvalue weighted by molar-refractivity contribution is -0.113. The lowest BCUT2D eigenvalue weighted by atomic mass is 10.1. The summed E-state index contributed by atoms with van der Waals surface area (Å²) >= 11 is 3.25. The molecule has 1 saturated heterocycles. The Labute approximate surface area is 152 Å². The number of nitrogens with zero attached hydrogens (tertiary/aromatic N) is 1. The van der Waals surface area contributed by atoms with Gasteiger partial charge in [0.05, 0.1) is 16.8 Å². The summed E-state index contributed by atoms with van der Waals surface area (Å²) in [5.74, 6) is -0.171. The standard InChI is InChI=1S/C18H15BrN2O4/c1-2-25-15-10-11(8-13(19)16(15)22)9-14-17(23)21(18(24)20-14)12-6-4-3-5-7-12/h3-10,22H,2H2,1H3,(H,20,24). The van der Waals surface area contributed by atoms with Crippen molar-refractivity contribution in [2.75, 3.05) is 11.5 Å². The molecule has 0 atom stereocenters. The first-order chi connectivity index (χ1) is 12.0. The fourth-order valence-electron chi connectivity index (χ4n) is 2.46. The molecule has 25 heavy (non-hydrogen) atoms. The van der Waals surface area contributed by atoms with Crippen LogP contribution in [0.15, 0.2) is 52.6 Å². The van der Waals surface area contributed by atoms with Gasteiger partial charge >= 0.3 is 6.03 Å². The molecule has 1 fully saturated rings. The van der Waals surface area contributed by atoms with Crippen molar-refractivity contribution >= 4 is 39.6 Å². The number of benzene rings is 2. The molecule has 128 valence electrons. The van der Waals surface area contributed by atoms with Gasteiger partial charge in [0.2, 0.25) is 0 Å². The molecule has 7 heteroatoms. The predicted octanol–water partition coefficient (Wildman–Crippen LogP) is 3.65. The van der Waals surface area contributed by atoms with Crippen molar-refractivity contribution < 1.29 is 19.4 Å². The van der Waals surface area contributed by atoms with Gasteiger partial charge in [-0.15, -0.1) is 0 Å². The Morgan fingerprint density at radius 1 is 1.24 bits per heavy atom. The number of hydrogen-bond acceptors (Lipinski definition) is 4. The van der Waals surface area contributed by atoms with Gasteiger partial charge in [-0.25, -0.2) is 9.69 Å². The maximum atomic E-state index is 12.6. The number of carbonyl (C=O) groups is 2. The van der Waals surface area contributed by atoms with Gasteiger partial charge in [0.25, 0.3) is 5.91 Å². The zero-order chi connectivity index (χ0) is 18.0. The number of imide groups is 1. The number of halogens is 1. The summed E-state index contributed by atoms with van der Waals surface area (Å²) in [6.07, 6.45) is 1.54. The van der Waals surface area contributed by atoms with Gasteiger partial charge in [-0.1, -0.05) is 18.2 Å². The number of phenols is 1. The SMILES string of the molecule is CCOc1cc(C=C2NC(=O)N(c3ccccc3)C2=O)cc(Br)c1O. The Morgan fingerprint density at radius 2 is 1.96 bits per heavy atom. The first-order valence-electron chi connectivity index (χ1n) is 7.58. The third kappa shape index (κ3) is 3.36. The number of rotatable bonds is 4. The molecule has 1 aliphatic heterocycles. The summed E-state index contributed by atoms with van der Waals surface area (Å²) < 4.78 is 5.80.